The normalized spacial score (nSPS) is 14.5. The molecule has 3 aromatic rings. The first-order valence-corrected chi connectivity index (χ1v) is 8.99. The van der Waals surface area contributed by atoms with Crippen molar-refractivity contribution < 1.29 is 14.0 Å². The second-order valence-corrected chi connectivity index (χ2v) is 7.07. The minimum Gasteiger partial charge on any atom is -0.459 e. The van der Waals surface area contributed by atoms with Gasteiger partial charge in [0.1, 0.15) is 0 Å². The summed E-state index contributed by atoms with van der Waals surface area (Å²) in [7, 11) is 0. The van der Waals surface area contributed by atoms with Crippen molar-refractivity contribution >= 4 is 40.7 Å². The molecule has 1 aliphatic heterocycles. The van der Waals surface area contributed by atoms with Crippen LogP contribution in [0.25, 0.3) is 0 Å². The summed E-state index contributed by atoms with van der Waals surface area (Å²) in [5, 5.41) is 0.561. The number of benzene rings is 2. The zero-order valence-corrected chi connectivity index (χ0v) is 15.0. The Morgan fingerprint density at radius 3 is 2.50 bits per heavy atom. The van der Waals surface area contributed by atoms with Crippen LogP contribution >= 0.6 is 23.4 Å². The Kier molecular flexibility index (Phi) is 4.41. The molecule has 0 fully saturated rings. The molecule has 6 heteroatoms. The van der Waals surface area contributed by atoms with Crippen molar-refractivity contribution in [1.82, 2.24) is 0 Å². The van der Waals surface area contributed by atoms with Crippen LogP contribution < -0.4 is 4.90 Å². The van der Waals surface area contributed by atoms with Crippen LogP contribution in [0.4, 0.5) is 5.69 Å². The van der Waals surface area contributed by atoms with Crippen LogP contribution in [0.5, 0.6) is 0 Å². The van der Waals surface area contributed by atoms with Crippen molar-refractivity contribution in [3.63, 3.8) is 0 Å². The molecule has 26 heavy (non-hydrogen) atoms. The molecule has 0 unspecified atom stereocenters. The topological polar surface area (TPSA) is 50.5 Å². The van der Waals surface area contributed by atoms with Crippen molar-refractivity contribution in [2.45, 2.75) is 4.90 Å². The Bertz CT molecular complexity index is 1010. The van der Waals surface area contributed by atoms with Gasteiger partial charge in [-0.05, 0) is 48.5 Å². The highest BCUT2D eigenvalue weighted by Gasteiger charge is 2.28. The number of furan rings is 1. The van der Waals surface area contributed by atoms with Gasteiger partial charge in [-0.1, -0.05) is 35.5 Å². The number of hydrogen-bond acceptors (Lipinski definition) is 4. The van der Waals surface area contributed by atoms with Gasteiger partial charge in [-0.25, -0.2) is 0 Å². The van der Waals surface area contributed by atoms with E-state index in [1.165, 1.54) is 22.9 Å². The number of allylic oxidation sites excluding steroid dienone is 1. The summed E-state index contributed by atoms with van der Waals surface area (Å²) in [6, 6.07) is 17.4. The first-order valence-electron chi connectivity index (χ1n) is 7.79. The lowest BCUT2D eigenvalue weighted by molar-refractivity contribution is 0.0971. The van der Waals surface area contributed by atoms with E-state index < -0.39 is 0 Å². The third kappa shape index (κ3) is 3.07. The Morgan fingerprint density at radius 1 is 1.04 bits per heavy atom. The molecule has 0 saturated carbocycles. The van der Waals surface area contributed by atoms with Gasteiger partial charge in [0.2, 0.25) is 5.78 Å². The molecule has 128 valence electrons. The van der Waals surface area contributed by atoms with Gasteiger partial charge in [0.05, 0.1) is 11.2 Å². The number of thioether (sulfide) groups is 1. The zero-order chi connectivity index (χ0) is 18.1. The SMILES string of the molecule is O=C1C(=CN(C(=O)c2ccco2)c2ccc(Cl)cc2)Sc2ccccc21. The van der Waals surface area contributed by atoms with Crippen LogP contribution in [-0.4, -0.2) is 11.7 Å². The number of ketones is 1. The summed E-state index contributed by atoms with van der Waals surface area (Å²) in [6.07, 6.45) is 2.99. The molecule has 1 aromatic heterocycles. The van der Waals surface area contributed by atoms with Crippen molar-refractivity contribution in [2.24, 2.45) is 0 Å². The molecule has 0 saturated heterocycles. The van der Waals surface area contributed by atoms with E-state index in [1.54, 1.807) is 48.7 Å². The molecule has 4 nitrogen and oxygen atoms in total. The lowest BCUT2D eigenvalue weighted by Gasteiger charge is -2.18. The zero-order valence-electron chi connectivity index (χ0n) is 13.4. The van der Waals surface area contributed by atoms with Crippen LogP contribution in [0.1, 0.15) is 20.9 Å². The van der Waals surface area contributed by atoms with Gasteiger partial charge in [0.15, 0.2) is 5.76 Å². The Hall–Kier alpha value is -2.76. The van der Waals surface area contributed by atoms with E-state index in [0.29, 0.717) is 21.2 Å². The molecule has 2 aromatic carbocycles. The number of carbonyl (C=O) groups excluding carboxylic acids is 2. The number of Topliss-reactive ketones (excluding diaryl/α,β-unsaturated/α-hetero) is 1. The fourth-order valence-electron chi connectivity index (χ4n) is 2.61. The summed E-state index contributed by atoms with van der Waals surface area (Å²) in [5.41, 5.74) is 1.23. The molecule has 0 bridgehead atoms. The van der Waals surface area contributed by atoms with Crippen LogP contribution in [0.15, 0.2) is 87.3 Å². The molecule has 0 spiro atoms. The monoisotopic (exact) mass is 381 g/mol. The largest absolute Gasteiger partial charge is 0.459 e. The number of fused-ring (bicyclic) bond motifs is 1. The summed E-state index contributed by atoms with van der Waals surface area (Å²) in [5.74, 6) is -0.282. The minimum absolute atomic E-state index is 0.100. The molecule has 1 aliphatic rings. The highest BCUT2D eigenvalue weighted by Crippen LogP contribution is 2.40. The molecule has 0 N–H and O–H groups in total. The van der Waals surface area contributed by atoms with Gasteiger partial charge in [-0.3, -0.25) is 14.5 Å². The van der Waals surface area contributed by atoms with Crippen LogP contribution in [-0.2, 0) is 0 Å². The molecule has 0 radical (unpaired) electrons. The average molecular weight is 382 g/mol. The molecule has 0 aliphatic carbocycles. The smallest absolute Gasteiger partial charge is 0.298 e. The standard InChI is InChI=1S/C20H12ClNO3S/c21-13-7-9-14(10-8-13)22(20(24)16-5-3-11-25-16)12-18-19(23)15-4-1-2-6-17(15)26-18/h1-12H. The quantitative estimate of drug-likeness (QED) is 0.569. The van der Waals surface area contributed by atoms with Gasteiger partial charge in [0.25, 0.3) is 5.91 Å². The van der Waals surface area contributed by atoms with Crippen molar-refractivity contribution in [1.29, 1.82) is 0 Å². The number of nitrogens with zero attached hydrogens (tertiary/aromatic N) is 1. The van der Waals surface area contributed by atoms with E-state index in [1.807, 2.05) is 18.2 Å². The molecule has 4 rings (SSSR count). The maximum atomic E-state index is 12.9. The van der Waals surface area contributed by atoms with Crippen LogP contribution in [0, 0.1) is 0 Å². The average Bonchev–Trinajstić information content (AvgIpc) is 3.29. The number of amides is 1. The molecular formula is C20H12ClNO3S. The predicted molar refractivity (Wildman–Crippen MR) is 102 cm³/mol. The highest BCUT2D eigenvalue weighted by molar-refractivity contribution is 8.04. The Labute approximate surface area is 159 Å². The minimum atomic E-state index is -0.367. The van der Waals surface area contributed by atoms with Crippen molar-refractivity contribution in [2.75, 3.05) is 4.90 Å². The van der Waals surface area contributed by atoms with Crippen LogP contribution in [0.2, 0.25) is 5.02 Å². The Morgan fingerprint density at radius 2 is 1.81 bits per heavy atom. The van der Waals surface area contributed by atoms with Gasteiger partial charge in [0, 0.05) is 27.4 Å². The van der Waals surface area contributed by atoms with Gasteiger partial charge in [-0.2, -0.15) is 0 Å². The molecule has 0 atom stereocenters. The highest BCUT2D eigenvalue weighted by atomic mass is 35.5. The summed E-state index contributed by atoms with van der Waals surface area (Å²) < 4.78 is 5.24. The second kappa shape index (κ2) is 6.86. The molecule has 1 amide bonds. The third-order valence-electron chi connectivity index (χ3n) is 3.88. The fourth-order valence-corrected chi connectivity index (χ4v) is 3.76. The first kappa shape index (κ1) is 16.7. The Balaban J connectivity index is 1.76. The van der Waals surface area contributed by atoms with Gasteiger partial charge < -0.3 is 4.42 Å². The second-order valence-electron chi connectivity index (χ2n) is 5.55. The third-order valence-corrected chi connectivity index (χ3v) is 5.22. The van der Waals surface area contributed by atoms with E-state index in [9.17, 15) is 9.59 Å². The van der Waals surface area contributed by atoms with E-state index in [4.69, 9.17) is 16.0 Å². The number of rotatable bonds is 3. The van der Waals surface area contributed by atoms with Gasteiger partial charge in [-0.15, -0.1) is 0 Å². The fraction of sp³-hybridized carbons (Fsp3) is 0. The van der Waals surface area contributed by atoms with Gasteiger partial charge >= 0.3 is 0 Å². The number of halogens is 1. The molecule has 2 heterocycles. The maximum absolute atomic E-state index is 12.9. The van der Waals surface area contributed by atoms with E-state index in [0.717, 1.165) is 4.90 Å². The summed E-state index contributed by atoms with van der Waals surface area (Å²) in [6.45, 7) is 0. The van der Waals surface area contributed by atoms with Crippen molar-refractivity contribution in [3.8, 4) is 0 Å². The maximum Gasteiger partial charge on any atom is 0.298 e. The molecular weight excluding hydrogens is 370 g/mol. The lowest BCUT2D eigenvalue weighted by atomic mass is 10.1. The van der Waals surface area contributed by atoms with Crippen molar-refractivity contribution in [3.05, 3.63) is 94.4 Å². The first-order chi connectivity index (χ1) is 12.6. The van der Waals surface area contributed by atoms with E-state index in [2.05, 4.69) is 0 Å². The lowest BCUT2D eigenvalue weighted by Crippen LogP contribution is -2.25. The van der Waals surface area contributed by atoms with E-state index >= 15 is 0 Å². The number of anilines is 1. The number of hydrogen-bond donors (Lipinski definition) is 0. The summed E-state index contributed by atoms with van der Waals surface area (Å²) in [4.78, 5) is 28.3. The van der Waals surface area contributed by atoms with Crippen LogP contribution in [0.3, 0.4) is 0 Å². The number of carbonyl (C=O) groups is 2. The predicted octanol–water partition coefficient (Wildman–Crippen LogP) is 5.41. The van der Waals surface area contributed by atoms with E-state index in [-0.39, 0.29) is 17.5 Å². The summed E-state index contributed by atoms with van der Waals surface area (Å²) >= 11 is 7.30.